The first kappa shape index (κ1) is 16.9. The van der Waals surface area contributed by atoms with Crippen LogP contribution in [0.4, 0.5) is 0 Å². The third-order valence-corrected chi connectivity index (χ3v) is 3.20. The number of unbranched alkanes of at least 4 members (excludes halogenated alkanes) is 4. The first-order chi connectivity index (χ1) is 10.0. The molecular weight excluding hydrogens is 272 g/mol. The monoisotopic (exact) mass is 294 g/mol. The van der Waals surface area contributed by atoms with E-state index in [9.17, 15) is 14.4 Å². The van der Waals surface area contributed by atoms with Crippen molar-refractivity contribution < 1.29 is 14.7 Å². The van der Waals surface area contributed by atoms with Crippen LogP contribution in [-0.2, 0) is 11.8 Å². The lowest BCUT2D eigenvalue weighted by molar-refractivity contribution is -0.137. The van der Waals surface area contributed by atoms with E-state index in [2.05, 4.69) is 5.32 Å². The Morgan fingerprint density at radius 1 is 1.14 bits per heavy atom. The van der Waals surface area contributed by atoms with E-state index < -0.39 is 5.97 Å². The van der Waals surface area contributed by atoms with Gasteiger partial charge in [0.15, 0.2) is 0 Å². The Morgan fingerprint density at radius 2 is 1.81 bits per heavy atom. The highest BCUT2D eigenvalue weighted by molar-refractivity contribution is 5.93. The maximum absolute atomic E-state index is 11.8. The first-order valence-corrected chi connectivity index (χ1v) is 7.17. The first-order valence-electron chi connectivity index (χ1n) is 7.17. The van der Waals surface area contributed by atoms with Gasteiger partial charge in [-0.15, -0.1) is 0 Å². The molecule has 116 valence electrons. The highest BCUT2D eigenvalue weighted by atomic mass is 16.4. The number of nitrogens with one attached hydrogen (secondary N) is 1. The van der Waals surface area contributed by atoms with Crippen LogP contribution in [0.15, 0.2) is 23.1 Å². The molecule has 6 nitrogen and oxygen atoms in total. The van der Waals surface area contributed by atoms with Crippen molar-refractivity contribution in [1.82, 2.24) is 9.88 Å². The number of pyridine rings is 1. The lowest BCUT2D eigenvalue weighted by Gasteiger charge is -2.06. The Labute approximate surface area is 123 Å². The smallest absolute Gasteiger partial charge is 0.303 e. The standard InChI is InChI=1S/C15H22N2O4/c1-17-11-12(8-9-13(17)18)15(21)16-10-6-4-2-3-5-7-14(19)20/h8-9,11H,2-7,10H2,1H3,(H,16,21)(H,19,20). The summed E-state index contributed by atoms with van der Waals surface area (Å²) in [6.45, 7) is 0.584. The van der Waals surface area contributed by atoms with Crippen LogP contribution in [0, 0.1) is 0 Å². The number of amides is 1. The summed E-state index contributed by atoms with van der Waals surface area (Å²) in [5, 5.41) is 11.3. The van der Waals surface area contributed by atoms with Crippen LogP contribution < -0.4 is 10.9 Å². The zero-order chi connectivity index (χ0) is 15.7. The molecule has 0 fully saturated rings. The summed E-state index contributed by atoms with van der Waals surface area (Å²) in [5.74, 6) is -0.934. The zero-order valence-electron chi connectivity index (χ0n) is 12.3. The van der Waals surface area contributed by atoms with Crippen molar-refractivity contribution in [1.29, 1.82) is 0 Å². The van der Waals surface area contributed by atoms with Gasteiger partial charge in [0.25, 0.3) is 5.91 Å². The van der Waals surface area contributed by atoms with Crippen LogP contribution in [-0.4, -0.2) is 28.1 Å². The Morgan fingerprint density at radius 3 is 2.48 bits per heavy atom. The van der Waals surface area contributed by atoms with E-state index in [1.807, 2.05) is 0 Å². The zero-order valence-corrected chi connectivity index (χ0v) is 12.3. The summed E-state index contributed by atoms with van der Waals surface area (Å²) in [4.78, 5) is 33.4. The fourth-order valence-electron chi connectivity index (χ4n) is 1.96. The Bertz CT molecular complexity index is 537. The Hall–Kier alpha value is -2.11. The van der Waals surface area contributed by atoms with Crippen molar-refractivity contribution in [3.05, 3.63) is 34.2 Å². The molecule has 0 aromatic carbocycles. The molecule has 0 aliphatic rings. The summed E-state index contributed by atoms with van der Waals surface area (Å²) >= 11 is 0. The molecule has 0 saturated heterocycles. The molecule has 1 aromatic rings. The van der Waals surface area contributed by atoms with Gasteiger partial charge in [-0.1, -0.05) is 19.3 Å². The quantitative estimate of drug-likeness (QED) is 0.676. The van der Waals surface area contributed by atoms with E-state index in [0.29, 0.717) is 18.5 Å². The summed E-state index contributed by atoms with van der Waals surface area (Å²) in [7, 11) is 1.61. The maximum atomic E-state index is 11.8. The van der Waals surface area contributed by atoms with Gasteiger partial charge in [0.2, 0.25) is 5.56 Å². The molecule has 1 aromatic heterocycles. The normalized spacial score (nSPS) is 10.3. The third-order valence-electron chi connectivity index (χ3n) is 3.20. The number of carbonyl (C=O) groups is 2. The lowest BCUT2D eigenvalue weighted by atomic mass is 10.1. The van der Waals surface area contributed by atoms with Crippen LogP contribution in [0.2, 0.25) is 0 Å². The highest BCUT2D eigenvalue weighted by Gasteiger charge is 2.05. The molecule has 21 heavy (non-hydrogen) atoms. The lowest BCUT2D eigenvalue weighted by Crippen LogP contribution is -2.26. The van der Waals surface area contributed by atoms with Crippen LogP contribution in [0.25, 0.3) is 0 Å². The summed E-state index contributed by atoms with van der Waals surface area (Å²) in [6, 6.07) is 2.89. The fraction of sp³-hybridized carbons (Fsp3) is 0.533. The molecule has 0 unspecified atom stereocenters. The Kier molecular flexibility index (Phi) is 7.21. The SMILES string of the molecule is Cn1cc(C(=O)NCCCCCCCC(=O)O)ccc1=O. The highest BCUT2D eigenvalue weighted by Crippen LogP contribution is 2.05. The second-order valence-electron chi connectivity index (χ2n) is 5.03. The van der Waals surface area contributed by atoms with Crippen molar-refractivity contribution in [2.45, 2.75) is 38.5 Å². The fourth-order valence-corrected chi connectivity index (χ4v) is 1.96. The van der Waals surface area contributed by atoms with Crippen molar-refractivity contribution >= 4 is 11.9 Å². The van der Waals surface area contributed by atoms with Crippen LogP contribution in [0.3, 0.4) is 0 Å². The molecule has 0 aliphatic heterocycles. The van der Waals surface area contributed by atoms with E-state index >= 15 is 0 Å². The summed E-state index contributed by atoms with van der Waals surface area (Å²) < 4.78 is 1.37. The molecule has 1 rings (SSSR count). The van der Waals surface area contributed by atoms with E-state index in [4.69, 9.17) is 5.11 Å². The number of carboxylic acids is 1. The number of rotatable bonds is 9. The second kappa shape index (κ2) is 8.94. The maximum Gasteiger partial charge on any atom is 0.303 e. The van der Waals surface area contributed by atoms with Crippen molar-refractivity contribution in [3.8, 4) is 0 Å². The van der Waals surface area contributed by atoms with Gasteiger partial charge in [-0.25, -0.2) is 0 Å². The van der Waals surface area contributed by atoms with Gasteiger partial charge >= 0.3 is 5.97 Å². The minimum absolute atomic E-state index is 0.145. The molecule has 6 heteroatoms. The van der Waals surface area contributed by atoms with Gasteiger partial charge < -0.3 is 15.0 Å². The number of aromatic nitrogens is 1. The minimum atomic E-state index is -0.750. The van der Waals surface area contributed by atoms with Gasteiger partial charge in [-0.2, -0.15) is 0 Å². The van der Waals surface area contributed by atoms with Crippen LogP contribution in [0.5, 0.6) is 0 Å². The number of aryl methyl sites for hydroxylation is 1. The van der Waals surface area contributed by atoms with Gasteiger partial charge in [-0.05, 0) is 18.9 Å². The number of nitrogens with zero attached hydrogens (tertiary/aromatic N) is 1. The number of carboxylic acid groups (broad SMARTS) is 1. The summed E-state index contributed by atoms with van der Waals surface area (Å²) in [6.07, 6.45) is 6.16. The van der Waals surface area contributed by atoms with Gasteiger partial charge in [0.05, 0.1) is 5.56 Å². The number of aliphatic carboxylic acids is 1. The van der Waals surface area contributed by atoms with Gasteiger partial charge in [0.1, 0.15) is 0 Å². The van der Waals surface area contributed by atoms with E-state index in [0.717, 1.165) is 25.7 Å². The summed E-state index contributed by atoms with van der Waals surface area (Å²) in [5.41, 5.74) is 0.325. The van der Waals surface area contributed by atoms with E-state index in [1.165, 1.54) is 22.9 Å². The Balaban J connectivity index is 2.15. The van der Waals surface area contributed by atoms with Crippen molar-refractivity contribution in [2.75, 3.05) is 6.54 Å². The number of hydrogen-bond acceptors (Lipinski definition) is 3. The molecule has 1 heterocycles. The molecule has 0 aliphatic carbocycles. The largest absolute Gasteiger partial charge is 0.481 e. The molecule has 1 amide bonds. The van der Waals surface area contributed by atoms with Gasteiger partial charge in [0, 0.05) is 32.3 Å². The predicted molar refractivity (Wildman–Crippen MR) is 79.4 cm³/mol. The molecule has 0 radical (unpaired) electrons. The average molecular weight is 294 g/mol. The molecule has 2 N–H and O–H groups in total. The van der Waals surface area contributed by atoms with E-state index in [1.54, 1.807) is 7.05 Å². The topological polar surface area (TPSA) is 88.4 Å². The molecule has 0 atom stereocenters. The predicted octanol–water partition coefficient (Wildman–Crippen LogP) is 1.54. The van der Waals surface area contributed by atoms with Crippen LogP contribution >= 0.6 is 0 Å². The van der Waals surface area contributed by atoms with Crippen molar-refractivity contribution in [2.24, 2.45) is 7.05 Å². The van der Waals surface area contributed by atoms with Crippen LogP contribution in [0.1, 0.15) is 48.9 Å². The van der Waals surface area contributed by atoms with E-state index in [-0.39, 0.29) is 17.9 Å². The molecule has 0 spiro atoms. The molecule has 0 bridgehead atoms. The number of hydrogen-bond donors (Lipinski definition) is 2. The third kappa shape index (κ3) is 6.74. The average Bonchev–Trinajstić information content (AvgIpc) is 2.44. The minimum Gasteiger partial charge on any atom is -0.481 e. The number of carbonyl (C=O) groups excluding carboxylic acids is 1. The molecule has 0 saturated carbocycles. The van der Waals surface area contributed by atoms with Crippen molar-refractivity contribution in [3.63, 3.8) is 0 Å². The second-order valence-corrected chi connectivity index (χ2v) is 5.03. The molecular formula is C15H22N2O4. The van der Waals surface area contributed by atoms with Gasteiger partial charge in [-0.3, -0.25) is 14.4 Å².